The Kier molecular flexibility index (Phi) is 6.27. The first kappa shape index (κ1) is 21.8. The zero-order chi connectivity index (χ0) is 22.8. The molecular weight excluding hydrogens is 415 g/mol. The summed E-state index contributed by atoms with van der Waals surface area (Å²) in [6.07, 6.45) is 5.83. The maximum atomic E-state index is 13.9. The molecule has 5 rings (SSSR count). The smallest absolute Gasteiger partial charge is 0.237 e. The van der Waals surface area contributed by atoms with E-state index in [2.05, 4.69) is 45.6 Å². The maximum Gasteiger partial charge on any atom is 0.237 e. The molecule has 1 unspecified atom stereocenters. The highest BCUT2D eigenvalue weighted by Gasteiger charge is 2.27. The summed E-state index contributed by atoms with van der Waals surface area (Å²) in [4.78, 5) is 21.7. The second kappa shape index (κ2) is 9.48. The molecule has 33 heavy (non-hydrogen) atoms. The second-order valence-electron chi connectivity index (χ2n) is 9.33. The number of aromatic nitrogens is 2. The SMILES string of the molecule is Cc1cccc(CN2CCN(CCc3cnc4n3C(c3cccc(F)c3)CCC4)CC2=O)c1. The van der Waals surface area contributed by atoms with Crippen LogP contribution in [0, 0.1) is 12.7 Å². The lowest BCUT2D eigenvalue weighted by atomic mass is 9.96. The number of carbonyl (C=O) groups is 1. The molecule has 3 aromatic rings. The van der Waals surface area contributed by atoms with E-state index in [1.54, 1.807) is 12.1 Å². The number of benzene rings is 2. The van der Waals surface area contributed by atoms with Gasteiger partial charge < -0.3 is 9.47 Å². The van der Waals surface area contributed by atoms with Crippen LogP contribution in [-0.2, 0) is 24.2 Å². The number of halogens is 1. The summed E-state index contributed by atoms with van der Waals surface area (Å²) in [5.74, 6) is 1.09. The van der Waals surface area contributed by atoms with Crippen molar-refractivity contribution in [2.24, 2.45) is 0 Å². The van der Waals surface area contributed by atoms with Gasteiger partial charge in [0.2, 0.25) is 5.91 Å². The molecule has 2 aliphatic heterocycles. The van der Waals surface area contributed by atoms with Crippen LogP contribution >= 0.6 is 0 Å². The Bertz CT molecular complexity index is 1140. The Balaban J connectivity index is 1.22. The van der Waals surface area contributed by atoms with E-state index in [-0.39, 0.29) is 17.8 Å². The Morgan fingerprint density at radius 1 is 1.12 bits per heavy atom. The van der Waals surface area contributed by atoms with Crippen LogP contribution in [0.2, 0.25) is 0 Å². The zero-order valence-electron chi connectivity index (χ0n) is 19.2. The molecule has 0 spiro atoms. The Hall–Kier alpha value is -2.99. The number of carbonyl (C=O) groups excluding carboxylic acids is 1. The molecule has 1 aromatic heterocycles. The molecular formula is C27H31FN4O. The van der Waals surface area contributed by atoms with Crippen molar-refractivity contribution in [1.82, 2.24) is 19.4 Å². The highest BCUT2D eigenvalue weighted by atomic mass is 19.1. The maximum absolute atomic E-state index is 13.9. The minimum absolute atomic E-state index is 0.134. The number of imidazole rings is 1. The van der Waals surface area contributed by atoms with Gasteiger partial charge >= 0.3 is 0 Å². The van der Waals surface area contributed by atoms with Crippen molar-refractivity contribution in [2.75, 3.05) is 26.2 Å². The summed E-state index contributed by atoms with van der Waals surface area (Å²) in [5.41, 5.74) is 4.59. The molecule has 0 saturated carbocycles. The minimum Gasteiger partial charge on any atom is -0.336 e. The van der Waals surface area contributed by atoms with Crippen LogP contribution in [0.1, 0.15) is 47.1 Å². The first-order valence-corrected chi connectivity index (χ1v) is 11.9. The Labute approximate surface area is 194 Å². The average molecular weight is 447 g/mol. The molecule has 0 N–H and O–H groups in total. The van der Waals surface area contributed by atoms with E-state index >= 15 is 0 Å². The van der Waals surface area contributed by atoms with Gasteiger partial charge in [-0.3, -0.25) is 9.69 Å². The van der Waals surface area contributed by atoms with Gasteiger partial charge in [0.05, 0.1) is 12.6 Å². The van der Waals surface area contributed by atoms with Gasteiger partial charge in [-0.15, -0.1) is 0 Å². The fraction of sp³-hybridized carbons (Fsp3) is 0.407. The quantitative estimate of drug-likeness (QED) is 0.571. The number of amides is 1. The third-order valence-corrected chi connectivity index (χ3v) is 6.91. The van der Waals surface area contributed by atoms with Crippen LogP contribution in [0.25, 0.3) is 0 Å². The molecule has 2 aromatic carbocycles. The van der Waals surface area contributed by atoms with Crippen molar-refractivity contribution in [2.45, 2.75) is 45.2 Å². The molecule has 2 aliphatic rings. The third-order valence-electron chi connectivity index (χ3n) is 6.91. The summed E-state index contributed by atoms with van der Waals surface area (Å²) in [5, 5.41) is 0. The van der Waals surface area contributed by atoms with E-state index in [4.69, 9.17) is 0 Å². The normalized spacial score (nSPS) is 19.0. The number of nitrogens with zero attached hydrogens (tertiary/aromatic N) is 4. The van der Waals surface area contributed by atoms with Crippen molar-refractivity contribution in [3.8, 4) is 0 Å². The summed E-state index contributed by atoms with van der Waals surface area (Å²) >= 11 is 0. The van der Waals surface area contributed by atoms with E-state index in [1.165, 1.54) is 22.9 Å². The lowest BCUT2D eigenvalue weighted by Crippen LogP contribution is -2.50. The van der Waals surface area contributed by atoms with E-state index in [0.717, 1.165) is 56.7 Å². The van der Waals surface area contributed by atoms with Gasteiger partial charge in [-0.05, 0) is 43.0 Å². The van der Waals surface area contributed by atoms with Gasteiger partial charge in [-0.2, -0.15) is 0 Å². The van der Waals surface area contributed by atoms with E-state index in [0.29, 0.717) is 13.1 Å². The highest BCUT2D eigenvalue weighted by molar-refractivity contribution is 5.79. The molecule has 5 nitrogen and oxygen atoms in total. The van der Waals surface area contributed by atoms with Crippen LogP contribution in [0.4, 0.5) is 4.39 Å². The van der Waals surface area contributed by atoms with E-state index < -0.39 is 0 Å². The van der Waals surface area contributed by atoms with Crippen molar-refractivity contribution in [3.63, 3.8) is 0 Å². The van der Waals surface area contributed by atoms with Gasteiger partial charge in [-0.25, -0.2) is 9.37 Å². The van der Waals surface area contributed by atoms with Crippen molar-refractivity contribution < 1.29 is 9.18 Å². The number of aryl methyl sites for hydroxylation is 2. The molecule has 6 heteroatoms. The van der Waals surface area contributed by atoms with Gasteiger partial charge in [0, 0.05) is 50.9 Å². The molecule has 0 aliphatic carbocycles. The number of rotatable bonds is 6. The van der Waals surface area contributed by atoms with Gasteiger partial charge in [-0.1, -0.05) is 42.0 Å². The van der Waals surface area contributed by atoms with Crippen LogP contribution in [-0.4, -0.2) is 51.4 Å². The molecule has 0 bridgehead atoms. The fourth-order valence-electron chi connectivity index (χ4n) is 5.22. The second-order valence-corrected chi connectivity index (χ2v) is 9.33. The van der Waals surface area contributed by atoms with Gasteiger partial charge in [0.15, 0.2) is 0 Å². The Morgan fingerprint density at radius 2 is 2.00 bits per heavy atom. The molecule has 172 valence electrons. The molecule has 1 fully saturated rings. The Morgan fingerprint density at radius 3 is 2.82 bits per heavy atom. The van der Waals surface area contributed by atoms with Crippen molar-refractivity contribution in [1.29, 1.82) is 0 Å². The van der Waals surface area contributed by atoms with E-state index in [9.17, 15) is 9.18 Å². The lowest BCUT2D eigenvalue weighted by Gasteiger charge is -2.34. The number of hydrogen-bond acceptors (Lipinski definition) is 3. The monoisotopic (exact) mass is 446 g/mol. The summed E-state index contributed by atoms with van der Waals surface area (Å²) in [7, 11) is 0. The largest absolute Gasteiger partial charge is 0.336 e. The van der Waals surface area contributed by atoms with Crippen LogP contribution in [0.5, 0.6) is 0 Å². The number of fused-ring (bicyclic) bond motifs is 1. The first-order chi connectivity index (χ1) is 16.1. The number of hydrogen-bond donors (Lipinski definition) is 0. The highest BCUT2D eigenvalue weighted by Crippen LogP contribution is 2.32. The average Bonchev–Trinajstić information content (AvgIpc) is 3.23. The van der Waals surface area contributed by atoms with Crippen molar-refractivity contribution in [3.05, 3.63) is 88.8 Å². The topological polar surface area (TPSA) is 41.4 Å². The molecule has 3 heterocycles. The van der Waals surface area contributed by atoms with Crippen LogP contribution in [0.15, 0.2) is 54.7 Å². The standard InChI is InChI=1S/C27H31FN4O/c1-20-5-2-6-21(15-20)18-31-14-13-30(19-27(31)33)12-11-24-17-29-26-10-4-9-25(32(24)26)22-7-3-8-23(28)16-22/h2-3,5-8,15-17,25H,4,9-14,18-19H2,1H3. The van der Waals surface area contributed by atoms with Gasteiger partial charge in [0.1, 0.15) is 11.6 Å². The molecule has 1 saturated heterocycles. The van der Waals surface area contributed by atoms with E-state index in [1.807, 2.05) is 17.2 Å². The molecule has 0 radical (unpaired) electrons. The van der Waals surface area contributed by atoms with Crippen LogP contribution in [0.3, 0.4) is 0 Å². The van der Waals surface area contributed by atoms with Crippen LogP contribution < -0.4 is 0 Å². The summed E-state index contributed by atoms with van der Waals surface area (Å²) in [6.45, 7) is 5.68. The summed E-state index contributed by atoms with van der Waals surface area (Å²) < 4.78 is 16.2. The molecule has 1 atom stereocenters. The minimum atomic E-state index is -0.191. The van der Waals surface area contributed by atoms with Crippen molar-refractivity contribution >= 4 is 5.91 Å². The fourth-order valence-corrected chi connectivity index (χ4v) is 5.22. The van der Waals surface area contributed by atoms with Gasteiger partial charge in [0.25, 0.3) is 0 Å². The summed E-state index contributed by atoms with van der Waals surface area (Å²) in [6, 6.07) is 15.5. The number of piperazine rings is 1. The molecule has 1 amide bonds. The first-order valence-electron chi connectivity index (χ1n) is 11.9. The predicted molar refractivity (Wildman–Crippen MR) is 126 cm³/mol. The zero-order valence-corrected chi connectivity index (χ0v) is 19.2. The lowest BCUT2D eigenvalue weighted by molar-refractivity contribution is -0.136. The third kappa shape index (κ3) is 4.86. The predicted octanol–water partition coefficient (Wildman–Crippen LogP) is 4.14.